The number of ether oxygens (including phenoxy) is 1. The molecule has 0 radical (unpaired) electrons. The summed E-state index contributed by atoms with van der Waals surface area (Å²) < 4.78 is 5.21. The summed E-state index contributed by atoms with van der Waals surface area (Å²) in [5, 5.41) is 14.2. The fourth-order valence-corrected chi connectivity index (χ4v) is 4.48. The number of aromatic nitrogens is 1. The van der Waals surface area contributed by atoms with Gasteiger partial charge in [0, 0.05) is 55.8 Å². The second-order valence-electron chi connectivity index (χ2n) is 7.62. The number of amides is 1. The van der Waals surface area contributed by atoms with Crippen LogP contribution in [0.15, 0.2) is 60.0 Å². The molecule has 1 saturated heterocycles. The van der Waals surface area contributed by atoms with Crippen molar-refractivity contribution in [2.45, 2.75) is 6.54 Å². The molecule has 4 rings (SSSR count). The van der Waals surface area contributed by atoms with E-state index in [9.17, 15) is 14.9 Å². The first kappa shape index (κ1) is 22.6. The van der Waals surface area contributed by atoms with Crippen molar-refractivity contribution < 1.29 is 14.5 Å². The highest BCUT2D eigenvalue weighted by molar-refractivity contribution is 7.13. The van der Waals surface area contributed by atoms with Gasteiger partial charge >= 0.3 is 0 Å². The summed E-state index contributed by atoms with van der Waals surface area (Å²) in [6, 6.07) is 14.3. The Morgan fingerprint density at radius 1 is 1.15 bits per heavy atom. The molecule has 170 valence electrons. The molecule has 2 aromatic carbocycles. The number of thiazole rings is 1. The molecule has 1 aromatic heterocycles. The number of nitrogens with zero attached hydrogens (tertiary/aromatic N) is 4. The number of rotatable bonds is 7. The molecule has 1 aliphatic rings. The average molecular weight is 465 g/mol. The van der Waals surface area contributed by atoms with E-state index >= 15 is 0 Å². The van der Waals surface area contributed by atoms with Gasteiger partial charge in [0.15, 0.2) is 0 Å². The molecule has 0 aliphatic carbocycles. The van der Waals surface area contributed by atoms with Gasteiger partial charge in [0.05, 0.1) is 23.3 Å². The first-order chi connectivity index (χ1) is 16.0. The summed E-state index contributed by atoms with van der Waals surface area (Å²) >= 11 is 1.62. The maximum atomic E-state index is 12.6. The fraction of sp³-hybridized carbons (Fsp3) is 0.250. The molecule has 1 aliphatic heterocycles. The molecule has 0 N–H and O–H groups in total. The Labute approximate surface area is 195 Å². The van der Waals surface area contributed by atoms with Gasteiger partial charge in [-0.15, -0.1) is 11.3 Å². The van der Waals surface area contributed by atoms with Crippen molar-refractivity contribution in [3.63, 3.8) is 0 Å². The van der Waals surface area contributed by atoms with Crippen LogP contribution in [0.4, 0.5) is 5.69 Å². The minimum Gasteiger partial charge on any atom is -0.497 e. The van der Waals surface area contributed by atoms with Crippen molar-refractivity contribution >= 4 is 29.0 Å². The maximum absolute atomic E-state index is 12.6. The number of piperazine rings is 1. The van der Waals surface area contributed by atoms with Crippen molar-refractivity contribution in [3.05, 3.63) is 81.4 Å². The predicted molar refractivity (Wildman–Crippen MR) is 128 cm³/mol. The van der Waals surface area contributed by atoms with E-state index in [2.05, 4.69) is 10.3 Å². The van der Waals surface area contributed by atoms with Crippen LogP contribution in [0.3, 0.4) is 0 Å². The lowest BCUT2D eigenvalue weighted by Crippen LogP contribution is -2.47. The molecule has 1 amide bonds. The quantitative estimate of drug-likeness (QED) is 0.297. The number of carbonyl (C=O) groups excluding carboxylic acids is 1. The van der Waals surface area contributed by atoms with Gasteiger partial charge in [-0.3, -0.25) is 19.8 Å². The summed E-state index contributed by atoms with van der Waals surface area (Å²) in [5.41, 5.74) is 2.49. The van der Waals surface area contributed by atoms with E-state index in [0.717, 1.165) is 41.6 Å². The zero-order valence-electron chi connectivity index (χ0n) is 18.2. The van der Waals surface area contributed by atoms with E-state index in [1.807, 2.05) is 24.3 Å². The Morgan fingerprint density at radius 3 is 2.58 bits per heavy atom. The Kier molecular flexibility index (Phi) is 7.11. The monoisotopic (exact) mass is 464 g/mol. The van der Waals surface area contributed by atoms with Gasteiger partial charge in [0.25, 0.3) is 5.69 Å². The number of nitro benzene ring substituents is 1. The number of para-hydroxylation sites is 1. The van der Waals surface area contributed by atoms with E-state index < -0.39 is 4.92 Å². The number of methoxy groups -OCH3 is 1. The second kappa shape index (κ2) is 10.4. The number of hydrogen-bond donors (Lipinski definition) is 0. The van der Waals surface area contributed by atoms with Gasteiger partial charge in [-0.2, -0.15) is 0 Å². The first-order valence-electron chi connectivity index (χ1n) is 10.5. The van der Waals surface area contributed by atoms with Crippen LogP contribution in [0.25, 0.3) is 16.6 Å². The van der Waals surface area contributed by atoms with Gasteiger partial charge in [0.2, 0.25) is 5.91 Å². The topological polar surface area (TPSA) is 88.8 Å². The first-order valence-corrected chi connectivity index (χ1v) is 11.4. The maximum Gasteiger partial charge on any atom is 0.276 e. The lowest BCUT2D eigenvalue weighted by molar-refractivity contribution is -0.385. The standard InChI is InChI=1S/C24H24N4O4S/c1-32-21-9-6-19(7-10-21)24-25-20(17-33-24)16-26-12-14-27(15-13-26)23(29)11-8-18-4-2-3-5-22(18)28(30)31/h2-11,17H,12-16H2,1H3/b11-8+. The van der Waals surface area contributed by atoms with Crippen LogP contribution in [0.5, 0.6) is 5.75 Å². The van der Waals surface area contributed by atoms with Gasteiger partial charge in [-0.05, 0) is 36.4 Å². The zero-order chi connectivity index (χ0) is 23.2. The smallest absolute Gasteiger partial charge is 0.276 e. The van der Waals surface area contributed by atoms with Crippen molar-refractivity contribution in [1.29, 1.82) is 0 Å². The van der Waals surface area contributed by atoms with Crippen LogP contribution in [-0.4, -0.2) is 58.9 Å². The lowest BCUT2D eigenvalue weighted by Gasteiger charge is -2.33. The highest BCUT2D eigenvalue weighted by atomic mass is 32.1. The summed E-state index contributed by atoms with van der Waals surface area (Å²) in [6.07, 6.45) is 2.93. The molecule has 33 heavy (non-hydrogen) atoms. The number of nitro groups is 1. The molecule has 3 aromatic rings. The van der Waals surface area contributed by atoms with Crippen LogP contribution in [-0.2, 0) is 11.3 Å². The van der Waals surface area contributed by atoms with Crippen LogP contribution < -0.4 is 4.74 Å². The largest absolute Gasteiger partial charge is 0.497 e. The Morgan fingerprint density at radius 2 is 1.88 bits per heavy atom. The van der Waals surface area contributed by atoms with Crippen LogP contribution in [0.1, 0.15) is 11.3 Å². The third-order valence-corrected chi connectivity index (χ3v) is 6.44. The van der Waals surface area contributed by atoms with Gasteiger partial charge in [-0.1, -0.05) is 12.1 Å². The zero-order valence-corrected chi connectivity index (χ0v) is 19.0. The molecular formula is C24H24N4O4S. The third kappa shape index (κ3) is 5.63. The number of benzene rings is 2. The van der Waals surface area contributed by atoms with Crippen LogP contribution >= 0.6 is 11.3 Å². The van der Waals surface area contributed by atoms with Crippen molar-refractivity contribution in [2.24, 2.45) is 0 Å². The predicted octanol–water partition coefficient (Wildman–Crippen LogP) is 4.08. The molecule has 0 atom stereocenters. The van der Waals surface area contributed by atoms with E-state index in [1.165, 1.54) is 18.2 Å². The average Bonchev–Trinajstić information content (AvgIpc) is 3.31. The molecule has 0 spiro atoms. The molecular weight excluding hydrogens is 440 g/mol. The Balaban J connectivity index is 1.30. The molecule has 8 nitrogen and oxygen atoms in total. The molecule has 0 bridgehead atoms. The van der Waals surface area contributed by atoms with E-state index in [0.29, 0.717) is 18.7 Å². The number of carbonyl (C=O) groups is 1. The lowest BCUT2D eigenvalue weighted by atomic mass is 10.1. The summed E-state index contributed by atoms with van der Waals surface area (Å²) in [6.45, 7) is 3.45. The van der Waals surface area contributed by atoms with E-state index in [4.69, 9.17) is 9.72 Å². The van der Waals surface area contributed by atoms with Gasteiger partial charge in [0.1, 0.15) is 10.8 Å². The summed E-state index contributed by atoms with van der Waals surface area (Å²) in [4.78, 5) is 32.0. The Bertz CT molecular complexity index is 1150. The van der Waals surface area contributed by atoms with Crippen molar-refractivity contribution in [1.82, 2.24) is 14.8 Å². The van der Waals surface area contributed by atoms with Crippen molar-refractivity contribution in [2.75, 3.05) is 33.3 Å². The van der Waals surface area contributed by atoms with Crippen LogP contribution in [0, 0.1) is 10.1 Å². The highest BCUT2D eigenvalue weighted by Gasteiger charge is 2.21. The fourth-order valence-electron chi connectivity index (χ4n) is 3.66. The van der Waals surface area contributed by atoms with Gasteiger partial charge < -0.3 is 9.64 Å². The third-order valence-electron chi connectivity index (χ3n) is 5.50. The van der Waals surface area contributed by atoms with Crippen molar-refractivity contribution in [3.8, 4) is 16.3 Å². The SMILES string of the molecule is COc1ccc(-c2nc(CN3CCN(C(=O)/C=C/c4ccccc4[N+](=O)[O-])CC3)cs2)cc1. The minimum atomic E-state index is -0.443. The molecule has 9 heteroatoms. The Hall–Kier alpha value is -3.56. The number of hydrogen-bond acceptors (Lipinski definition) is 7. The molecule has 1 fully saturated rings. The molecule has 0 unspecified atom stereocenters. The van der Waals surface area contributed by atoms with E-state index in [-0.39, 0.29) is 11.6 Å². The second-order valence-corrected chi connectivity index (χ2v) is 8.48. The molecule has 2 heterocycles. The highest BCUT2D eigenvalue weighted by Crippen LogP contribution is 2.26. The summed E-state index contributed by atoms with van der Waals surface area (Å²) in [7, 11) is 1.65. The summed E-state index contributed by atoms with van der Waals surface area (Å²) in [5.74, 6) is 0.683. The minimum absolute atomic E-state index is 0.0105. The normalized spacial score (nSPS) is 14.5. The van der Waals surface area contributed by atoms with E-state index in [1.54, 1.807) is 41.5 Å². The van der Waals surface area contributed by atoms with Gasteiger partial charge in [-0.25, -0.2) is 4.98 Å². The van der Waals surface area contributed by atoms with Crippen LogP contribution in [0.2, 0.25) is 0 Å². The molecule has 0 saturated carbocycles.